The Hall–Kier alpha value is -0.580. The van der Waals surface area contributed by atoms with Crippen molar-refractivity contribution < 1.29 is 4.79 Å². The lowest BCUT2D eigenvalue weighted by Gasteiger charge is -2.11. The van der Waals surface area contributed by atoms with Gasteiger partial charge in [0.1, 0.15) is 0 Å². The lowest BCUT2D eigenvalue weighted by atomic mass is 10.1. The van der Waals surface area contributed by atoms with E-state index in [9.17, 15) is 4.79 Å². The number of carbonyl (C=O) groups is 1. The second-order valence-corrected chi connectivity index (χ2v) is 5.43. The summed E-state index contributed by atoms with van der Waals surface area (Å²) in [5.41, 5.74) is 0. The van der Waals surface area contributed by atoms with Gasteiger partial charge in [0.05, 0.1) is 0 Å². The summed E-state index contributed by atoms with van der Waals surface area (Å²) < 4.78 is 0. The summed E-state index contributed by atoms with van der Waals surface area (Å²) >= 11 is 1.78. The lowest BCUT2D eigenvalue weighted by Crippen LogP contribution is -2.29. The van der Waals surface area contributed by atoms with Crippen molar-refractivity contribution in [2.45, 2.75) is 26.2 Å². The fourth-order valence-electron chi connectivity index (χ4n) is 1.65. The molecule has 0 bridgehead atoms. The highest BCUT2D eigenvalue weighted by Crippen LogP contribution is 2.13. The van der Waals surface area contributed by atoms with Gasteiger partial charge in [-0.3, -0.25) is 4.79 Å². The average molecular weight is 291 g/mol. The SMILES string of the molecule is CNCCCC(=O)NCC(C)Cc1cccs1.Cl. The summed E-state index contributed by atoms with van der Waals surface area (Å²) in [7, 11) is 1.90. The summed E-state index contributed by atoms with van der Waals surface area (Å²) in [6.45, 7) is 3.85. The predicted molar refractivity (Wildman–Crippen MR) is 80.6 cm³/mol. The molecular weight excluding hydrogens is 268 g/mol. The molecular formula is C13H23ClN2OS. The molecule has 5 heteroatoms. The minimum atomic E-state index is 0. The second-order valence-electron chi connectivity index (χ2n) is 4.40. The standard InChI is InChI=1S/C13H22N2OS.ClH/c1-11(9-12-5-4-8-17-12)10-15-13(16)6-3-7-14-2;/h4-5,8,11,14H,3,6-7,9-10H2,1-2H3,(H,15,16);1H. The third kappa shape index (κ3) is 7.69. The zero-order valence-electron chi connectivity index (χ0n) is 11.1. The first-order chi connectivity index (χ1) is 8.22. The second kappa shape index (κ2) is 10.4. The molecule has 0 fully saturated rings. The van der Waals surface area contributed by atoms with Gasteiger partial charge in [-0.15, -0.1) is 23.7 Å². The summed E-state index contributed by atoms with van der Waals surface area (Å²) in [4.78, 5) is 12.9. The van der Waals surface area contributed by atoms with Gasteiger partial charge in [-0.2, -0.15) is 0 Å². The molecule has 1 rings (SSSR count). The molecule has 1 aromatic rings. The van der Waals surface area contributed by atoms with Crippen LogP contribution in [0.3, 0.4) is 0 Å². The number of thiophene rings is 1. The van der Waals surface area contributed by atoms with E-state index < -0.39 is 0 Å². The number of rotatable bonds is 8. The van der Waals surface area contributed by atoms with Gasteiger partial charge < -0.3 is 10.6 Å². The van der Waals surface area contributed by atoms with E-state index in [0.29, 0.717) is 12.3 Å². The molecule has 18 heavy (non-hydrogen) atoms. The van der Waals surface area contributed by atoms with Crippen LogP contribution in [0.4, 0.5) is 0 Å². The van der Waals surface area contributed by atoms with Crippen LogP contribution in [-0.2, 0) is 11.2 Å². The van der Waals surface area contributed by atoms with Crippen molar-refractivity contribution >= 4 is 29.7 Å². The van der Waals surface area contributed by atoms with Crippen molar-refractivity contribution in [1.29, 1.82) is 0 Å². The van der Waals surface area contributed by atoms with Gasteiger partial charge in [-0.1, -0.05) is 13.0 Å². The minimum absolute atomic E-state index is 0. The van der Waals surface area contributed by atoms with Crippen LogP contribution in [0.15, 0.2) is 17.5 Å². The molecule has 0 aliphatic carbocycles. The van der Waals surface area contributed by atoms with E-state index in [0.717, 1.165) is 25.9 Å². The van der Waals surface area contributed by atoms with Gasteiger partial charge in [0.2, 0.25) is 5.91 Å². The Morgan fingerprint density at radius 3 is 2.89 bits per heavy atom. The Morgan fingerprint density at radius 1 is 1.50 bits per heavy atom. The molecule has 1 unspecified atom stereocenters. The van der Waals surface area contributed by atoms with Gasteiger partial charge in [0.25, 0.3) is 0 Å². The molecule has 0 saturated carbocycles. The molecule has 1 atom stereocenters. The highest BCUT2D eigenvalue weighted by atomic mass is 35.5. The highest BCUT2D eigenvalue weighted by Gasteiger charge is 2.06. The molecule has 0 radical (unpaired) electrons. The van der Waals surface area contributed by atoms with E-state index in [4.69, 9.17) is 0 Å². The summed E-state index contributed by atoms with van der Waals surface area (Å²) in [5.74, 6) is 0.667. The van der Waals surface area contributed by atoms with Gasteiger partial charge in [-0.25, -0.2) is 0 Å². The topological polar surface area (TPSA) is 41.1 Å². The van der Waals surface area contributed by atoms with E-state index in [1.165, 1.54) is 4.88 Å². The third-order valence-electron chi connectivity index (χ3n) is 2.61. The van der Waals surface area contributed by atoms with Crippen molar-refractivity contribution in [2.24, 2.45) is 5.92 Å². The number of hydrogen-bond donors (Lipinski definition) is 2. The summed E-state index contributed by atoms with van der Waals surface area (Å²) in [6.07, 6.45) is 2.57. The van der Waals surface area contributed by atoms with Crippen LogP contribution in [-0.4, -0.2) is 26.0 Å². The summed E-state index contributed by atoms with van der Waals surface area (Å²) in [5, 5.41) is 8.13. The van der Waals surface area contributed by atoms with Crippen molar-refractivity contribution in [3.8, 4) is 0 Å². The van der Waals surface area contributed by atoms with Gasteiger partial charge in [0, 0.05) is 17.8 Å². The van der Waals surface area contributed by atoms with E-state index in [1.807, 2.05) is 7.05 Å². The van der Waals surface area contributed by atoms with Crippen LogP contribution in [0.25, 0.3) is 0 Å². The first kappa shape index (κ1) is 17.4. The fourth-order valence-corrected chi connectivity index (χ4v) is 2.52. The van der Waals surface area contributed by atoms with E-state index in [-0.39, 0.29) is 18.3 Å². The highest BCUT2D eigenvalue weighted by molar-refractivity contribution is 7.09. The predicted octanol–water partition coefficient (Wildman–Crippen LogP) is 2.46. The van der Waals surface area contributed by atoms with Crippen LogP contribution in [0.5, 0.6) is 0 Å². The number of carbonyl (C=O) groups excluding carboxylic acids is 1. The van der Waals surface area contributed by atoms with E-state index in [1.54, 1.807) is 11.3 Å². The Kier molecular flexibility index (Phi) is 10.0. The fraction of sp³-hybridized carbons (Fsp3) is 0.615. The first-order valence-electron chi connectivity index (χ1n) is 6.16. The molecule has 0 aliphatic heterocycles. The van der Waals surface area contributed by atoms with E-state index in [2.05, 4.69) is 35.1 Å². The average Bonchev–Trinajstić information content (AvgIpc) is 2.79. The molecule has 104 valence electrons. The van der Waals surface area contributed by atoms with Gasteiger partial charge in [0.15, 0.2) is 0 Å². The number of halogens is 1. The largest absolute Gasteiger partial charge is 0.356 e. The van der Waals surface area contributed by atoms with Crippen LogP contribution < -0.4 is 10.6 Å². The first-order valence-corrected chi connectivity index (χ1v) is 7.04. The zero-order chi connectivity index (χ0) is 12.5. The van der Waals surface area contributed by atoms with Crippen LogP contribution in [0.2, 0.25) is 0 Å². The Balaban J connectivity index is 0.00000289. The summed E-state index contributed by atoms with van der Waals surface area (Å²) in [6, 6.07) is 4.22. The Morgan fingerprint density at radius 2 is 2.28 bits per heavy atom. The van der Waals surface area contributed by atoms with Crippen LogP contribution >= 0.6 is 23.7 Å². The maximum atomic E-state index is 11.5. The molecule has 2 N–H and O–H groups in total. The molecule has 1 aromatic heterocycles. The number of nitrogens with one attached hydrogen (secondary N) is 2. The molecule has 1 heterocycles. The number of hydrogen-bond acceptors (Lipinski definition) is 3. The maximum absolute atomic E-state index is 11.5. The molecule has 0 aliphatic rings. The quantitative estimate of drug-likeness (QED) is 0.722. The smallest absolute Gasteiger partial charge is 0.220 e. The van der Waals surface area contributed by atoms with Crippen LogP contribution in [0.1, 0.15) is 24.6 Å². The number of amides is 1. The normalized spacial score (nSPS) is 11.7. The third-order valence-corrected chi connectivity index (χ3v) is 3.51. The van der Waals surface area contributed by atoms with Gasteiger partial charge in [-0.05, 0) is 43.8 Å². The molecule has 0 spiro atoms. The van der Waals surface area contributed by atoms with Crippen molar-refractivity contribution in [1.82, 2.24) is 10.6 Å². The maximum Gasteiger partial charge on any atom is 0.220 e. The van der Waals surface area contributed by atoms with Crippen molar-refractivity contribution in [3.63, 3.8) is 0 Å². The molecule has 1 amide bonds. The van der Waals surface area contributed by atoms with Crippen molar-refractivity contribution in [2.75, 3.05) is 20.1 Å². The Labute approximate surface area is 120 Å². The molecule has 0 aromatic carbocycles. The molecule has 3 nitrogen and oxygen atoms in total. The zero-order valence-corrected chi connectivity index (χ0v) is 12.7. The van der Waals surface area contributed by atoms with E-state index >= 15 is 0 Å². The Bertz CT molecular complexity index is 317. The lowest BCUT2D eigenvalue weighted by molar-refractivity contribution is -0.121. The van der Waals surface area contributed by atoms with Crippen molar-refractivity contribution in [3.05, 3.63) is 22.4 Å². The molecule has 0 saturated heterocycles. The monoisotopic (exact) mass is 290 g/mol. The van der Waals surface area contributed by atoms with Crippen LogP contribution in [0, 0.1) is 5.92 Å². The van der Waals surface area contributed by atoms with Gasteiger partial charge >= 0.3 is 0 Å². The minimum Gasteiger partial charge on any atom is -0.356 e.